The molecule has 4 heterocycles. The SMILES string of the molecule is C/C=C/c1sc(-c2ccc(-c3cc(OCC(CC)CCCC)c(-c4ccc(-c5sc(/C=C/c6cc(/C=C/c7ccc(P=O)cc7)c(C)cc6/C=C/c6ccc(P=O)cc6)c(OCCCCC)c5OCCCCC)s4)cc3OC)s2)c(OCCCCC)c1OCCCCC. The molecular weight excluding hydrogens is 1270 g/mol. The maximum absolute atomic E-state index is 11.6. The highest BCUT2D eigenvalue weighted by atomic mass is 32.1. The Morgan fingerprint density at radius 1 is 0.430 bits per heavy atom. The highest BCUT2D eigenvalue weighted by Gasteiger charge is 2.27. The van der Waals surface area contributed by atoms with Crippen LogP contribution in [0.5, 0.6) is 34.5 Å². The van der Waals surface area contributed by atoms with E-state index in [1.54, 1.807) is 52.5 Å². The zero-order valence-corrected chi connectivity index (χ0v) is 61.1. The fraction of sp³-hybridized carbons (Fsp3) is 0.392. The average molecular weight is 1360 g/mol. The van der Waals surface area contributed by atoms with Crippen LogP contribution in [-0.2, 0) is 9.13 Å². The number of allylic oxidation sites excluding steroid dienone is 1. The van der Waals surface area contributed by atoms with E-state index in [1.807, 2.05) is 48.5 Å². The van der Waals surface area contributed by atoms with Crippen LogP contribution in [0, 0.1) is 12.8 Å². The van der Waals surface area contributed by atoms with Crippen molar-refractivity contribution < 1.29 is 37.6 Å². The highest BCUT2D eigenvalue weighted by molar-refractivity contribution is 7.34. The number of thiophene rings is 4. The molecule has 8 nitrogen and oxygen atoms in total. The summed E-state index contributed by atoms with van der Waals surface area (Å²) in [5.41, 5.74) is 8.29. The Hall–Kier alpha value is -6.36. The molecule has 0 fully saturated rings. The molecular formula is C79H94O8P2S4. The summed E-state index contributed by atoms with van der Waals surface area (Å²) in [6, 6.07) is 33.3. The lowest BCUT2D eigenvalue weighted by atomic mass is 9.97. The van der Waals surface area contributed by atoms with E-state index in [0.29, 0.717) is 39.0 Å². The van der Waals surface area contributed by atoms with E-state index >= 15 is 0 Å². The number of aryl methyl sites for hydroxylation is 1. The number of hydrogen-bond donors (Lipinski definition) is 0. The number of unbranched alkanes of at least 4 members (excludes halogenated alkanes) is 9. The lowest BCUT2D eigenvalue weighted by molar-refractivity contribution is 0.234. The quantitative estimate of drug-likeness (QED) is 0.0213. The molecule has 4 aromatic carbocycles. The zero-order valence-electron chi connectivity index (χ0n) is 56.1. The van der Waals surface area contributed by atoms with Crippen LogP contribution in [0.3, 0.4) is 0 Å². The lowest BCUT2D eigenvalue weighted by Crippen LogP contribution is -2.11. The number of rotatable bonds is 41. The number of hydrogen-bond acceptors (Lipinski definition) is 12. The van der Waals surface area contributed by atoms with Crippen LogP contribution < -0.4 is 39.0 Å². The molecule has 1 unspecified atom stereocenters. The van der Waals surface area contributed by atoms with Gasteiger partial charge in [0, 0.05) is 41.2 Å². The molecule has 0 aliphatic heterocycles. The maximum Gasteiger partial charge on any atom is 0.192 e. The van der Waals surface area contributed by atoms with Crippen molar-refractivity contribution in [2.75, 3.05) is 40.1 Å². The molecule has 4 aromatic heterocycles. The van der Waals surface area contributed by atoms with Gasteiger partial charge < -0.3 is 28.4 Å². The van der Waals surface area contributed by atoms with Crippen LogP contribution in [0.2, 0.25) is 0 Å². The van der Waals surface area contributed by atoms with Crippen LogP contribution in [0.1, 0.15) is 194 Å². The first-order chi connectivity index (χ1) is 45.6. The van der Waals surface area contributed by atoms with Crippen LogP contribution in [-0.4, -0.2) is 40.1 Å². The second-order valence-corrected chi connectivity index (χ2v) is 29.1. The van der Waals surface area contributed by atoms with Gasteiger partial charge in [-0.25, -0.2) is 0 Å². The number of benzene rings is 4. The van der Waals surface area contributed by atoms with Gasteiger partial charge in [-0.2, -0.15) is 0 Å². The van der Waals surface area contributed by atoms with E-state index in [4.69, 9.17) is 28.4 Å². The topological polar surface area (TPSA) is 89.5 Å². The van der Waals surface area contributed by atoms with Crippen LogP contribution in [0.4, 0.5) is 0 Å². The predicted octanol–water partition coefficient (Wildman–Crippen LogP) is 25.2. The summed E-state index contributed by atoms with van der Waals surface area (Å²) in [6.07, 6.45) is 34.2. The van der Waals surface area contributed by atoms with Gasteiger partial charge >= 0.3 is 0 Å². The van der Waals surface area contributed by atoms with Crippen LogP contribution in [0.25, 0.3) is 82.9 Å². The Kier molecular flexibility index (Phi) is 30.3. The Morgan fingerprint density at radius 3 is 1.32 bits per heavy atom. The summed E-state index contributed by atoms with van der Waals surface area (Å²) in [5.74, 6) is 5.27. The van der Waals surface area contributed by atoms with Crippen LogP contribution >= 0.6 is 62.3 Å². The van der Waals surface area contributed by atoms with E-state index < -0.39 is 0 Å². The fourth-order valence-electron chi connectivity index (χ4n) is 10.8. The third-order valence-corrected chi connectivity index (χ3v) is 22.1. The van der Waals surface area contributed by atoms with Gasteiger partial charge in [0.15, 0.2) is 39.9 Å². The van der Waals surface area contributed by atoms with Gasteiger partial charge in [-0.3, -0.25) is 9.13 Å². The fourth-order valence-corrected chi connectivity index (χ4v) is 15.8. The molecule has 8 rings (SSSR count). The monoisotopic (exact) mass is 1360 g/mol. The molecule has 492 valence electrons. The molecule has 1 atom stereocenters. The smallest absolute Gasteiger partial charge is 0.192 e. The summed E-state index contributed by atoms with van der Waals surface area (Å²) in [7, 11) is 1.78. The second-order valence-electron chi connectivity index (χ2n) is 23.4. The highest BCUT2D eigenvalue weighted by Crippen LogP contribution is 2.55. The standard InChI is InChI=1S/C79H94O8P2S4/c1-10-17-22-46-83-74-70(26-15-6)92-78(76(74)85-48-24-19-12-3)72-44-42-68(90-72)64-53-67(87-54-56(16-7)27-21-14-5)65(52-66(64)82-9)69-43-45-73(91-69)79-77(86-49-25-20-13-4)75(84-47-23-18-11-2)71(93-79)41-36-61-51-59(34-28-57-30-37-62(88-80)38-31-57)55(8)50-60(61)35-29-58-32-39-63(89-81)40-33-58/h15,26,28-45,50-53,56H,10-14,16-25,27,46-49,54H2,1-9H3/b26-15+,34-28+,35-29+,41-36+. The molecule has 0 aliphatic carbocycles. The van der Waals surface area contributed by atoms with Crippen molar-refractivity contribution in [3.8, 4) is 74.9 Å². The molecule has 0 N–H and O–H groups in total. The van der Waals surface area contributed by atoms with Gasteiger partial charge in [-0.1, -0.05) is 179 Å². The third kappa shape index (κ3) is 20.6. The van der Waals surface area contributed by atoms with Gasteiger partial charge in [-0.15, -0.1) is 45.3 Å². The van der Waals surface area contributed by atoms with Gasteiger partial charge in [-0.05, 0) is 164 Å². The molecule has 0 amide bonds. The maximum atomic E-state index is 11.6. The predicted molar refractivity (Wildman–Crippen MR) is 405 cm³/mol. The van der Waals surface area contributed by atoms with Crippen molar-refractivity contribution in [2.24, 2.45) is 5.92 Å². The second kappa shape index (κ2) is 38.9. The largest absolute Gasteiger partial charge is 0.496 e. The van der Waals surface area contributed by atoms with Crippen LogP contribution in [0.15, 0.2) is 103 Å². The summed E-state index contributed by atoms with van der Waals surface area (Å²) in [4.78, 5) is 8.52. The minimum atomic E-state index is 0.000896. The van der Waals surface area contributed by atoms with Gasteiger partial charge in [0.1, 0.15) is 11.5 Å². The van der Waals surface area contributed by atoms with Crippen molar-refractivity contribution in [1.82, 2.24) is 0 Å². The zero-order chi connectivity index (χ0) is 65.7. The van der Waals surface area contributed by atoms with Crippen molar-refractivity contribution in [3.63, 3.8) is 0 Å². The molecule has 8 aromatic rings. The normalized spacial score (nSPS) is 12.2. The molecule has 0 aliphatic rings. The first-order valence-corrected chi connectivity index (χ1v) is 38.6. The summed E-state index contributed by atoms with van der Waals surface area (Å²) >= 11 is 6.93. The minimum absolute atomic E-state index is 0.000896. The Bertz CT molecular complexity index is 3750. The van der Waals surface area contributed by atoms with E-state index in [2.05, 4.69) is 153 Å². The molecule has 0 saturated carbocycles. The van der Waals surface area contributed by atoms with Gasteiger partial charge in [0.2, 0.25) is 0 Å². The Labute approximate surface area is 574 Å². The molecule has 0 bridgehead atoms. The van der Waals surface area contributed by atoms with Gasteiger partial charge in [0.25, 0.3) is 0 Å². The summed E-state index contributed by atoms with van der Waals surface area (Å²) < 4.78 is 63.9. The molecule has 14 heteroatoms. The lowest BCUT2D eigenvalue weighted by Gasteiger charge is -2.19. The van der Waals surface area contributed by atoms with Gasteiger partial charge in [0.05, 0.1) is 59.7 Å². The first-order valence-electron chi connectivity index (χ1n) is 33.7. The molecule has 93 heavy (non-hydrogen) atoms. The number of ether oxygens (including phenoxy) is 6. The minimum Gasteiger partial charge on any atom is -0.496 e. The third-order valence-electron chi connectivity index (χ3n) is 16.3. The van der Waals surface area contributed by atoms with Crippen molar-refractivity contribution in [1.29, 1.82) is 0 Å². The van der Waals surface area contributed by atoms with E-state index in [0.717, 1.165) is 231 Å². The Morgan fingerprint density at radius 2 is 0.860 bits per heavy atom. The average Bonchev–Trinajstić information content (AvgIpc) is 1.68. The Balaban J connectivity index is 1.23. The molecule has 0 spiro atoms. The van der Waals surface area contributed by atoms with E-state index in [-0.39, 0.29) is 16.9 Å². The van der Waals surface area contributed by atoms with E-state index in [1.165, 1.54) is 0 Å². The summed E-state index contributed by atoms with van der Waals surface area (Å²) in [5, 5.41) is 1.48. The van der Waals surface area contributed by atoms with E-state index in [9.17, 15) is 9.13 Å². The first kappa shape index (κ1) is 72.5. The summed E-state index contributed by atoms with van der Waals surface area (Å²) in [6.45, 7) is 20.7. The molecule has 0 radical (unpaired) electrons. The van der Waals surface area contributed by atoms with Crippen molar-refractivity contribution in [3.05, 3.63) is 146 Å². The molecule has 0 saturated heterocycles. The number of methoxy groups -OCH3 is 1. The van der Waals surface area contributed by atoms with Crippen molar-refractivity contribution in [2.45, 2.75) is 158 Å². The van der Waals surface area contributed by atoms with Crippen molar-refractivity contribution >= 4 is 115 Å².